The summed E-state index contributed by atoms with van der Waals surface area (Å²) in [5.41, 5.74) is 3.89. The molecule has 136 valence electrons. The number of carbonyl (C=O) groups excluding carboxylic acids is 1. The molecule has 1 amide bonds. The van der Waals surface area contributed by atoms with E-state index in [2.05, 4.69) is 20.5 Å². The molecule has 3 aromatic rings. The van der Waals surface area contributed by atoms with E-state index in [4.69, 9.17) is 4.98 Å². The van der Waals surface area contributed by atoms with Crippen LogP contribution in [0.3, 0.4) is 0 Å². The summed E-state index contributed by atoms with van der Waals surface area (Å²) < 4.78 is 1.57. The molecule has 1 saturated heterocycles. The lowest BCUT2D eigenvalue weighted by Gasteiger charge is -2.25. The minimum Gasteiger partial charge on any atom is -0.338 e. The summed E-state index contributed by atoms with van der Waals surface area (Å²) in [4.78, 5) is 24.0. The van der Waals surface area contributed by atoms with Crippen molar-refractivity contribution < 1.29 is 4.79 Å². The zero-order valence-corrected chi connectivity index (χ0v) is 15.0. The molecule has 0 unspecified atom stereocenters. The molecule has 0 radical (unpaired) electrons. The van der Waals surface area contributed by atoms with Crippen molar-refractivity contribution in [2.45, 2.75) is 25.7 Å². The number of amides is 1. The first-order valence-corrected chi connectivity index (χ1v) is 9.14. The molecule has 27 heavy (non-hydrogen) atoms. The lowest BCUT2D eigenvalue weighted by molar-refractivity contribution is 0.0786. The number of hydrogen-bond acceptors (Lipinski definition) is 6. The molecule has 1 aromatic carbocycles. The van der Waals surface area contributed by atoms with Crippen molar-refractivity contribution in [2.24, 2.45) is 5.92 Å². The van der Waals surface area contributed by atoms with Crippen molar-refractivity contribution in [1.82, 2.24) is 35.1 Å². The third kappa shape index (κ3) is 2.77. The highest BCUT2D eigenvalue weighted by Crippen LogP contribution is 2.40. The number of rotatable bonds is 2. The molecule has 2 atom stereocenters. The Morgan fingerprint density at radius 3 is 2.81 bits per heavy atom. The van der Waals surface area contributed by atoms with Crippen molar-refractivity contribution >= 4 is 5.91 Å². The summed E-state index contributed by atoms with van der Waals surface area (Å²) >= 11 is 0. The van der Waals surface area contributed by atoms with Crippen LogP contribution in [0.25, 0.3) is 5.69 Å². The molecule has 8 heteroatoms. The Labute approximate surface area is 156 Å². The largest absolute Gasteiger partial charge is 0.338 e. The first-order chi connectivity index (χ1) is 13.2. The predicted molar refractivity (Wildman–Crippen MR) is 96.4 cm³/mol. The number of nitrogens with zero attached hydrogens (tertiary/aromatic N) is 7. The second-order valence-electron chi connectivity index (χ2n) is 7.24. The topological polar surface area (TPSA) is 89.7 Å². The number of tetrazole rings is 1. The van der Waals surface area contributed by atoms with Gasteiger partial charge in [0, 0.05) is 30.8 Å². The Hall–Kier alpha value is -3.16. The van der Waals surface area contributed by atoms with Crippen LogP contribution < -0.4 is 0 Å². The Balaban J connectivity index is 1.36. The van der Waals surface area contributed by atoms with Crippen LogP contribution in [-0.4, -0.2) is 54.1 Å². The van der Waals surface area contributed by atoms with E-state index in [0.29, 0.717) is 17.4 Å². The Morgan fingerprint density at radius 1 is 1.19 bits per heavy atom. The Kier molecular flexibility index (Phi) is 3.70. The molecule has 0 saturated carbocycles. The number of fused-ring (bicyclic) bond motifs is 3. The van der Waals surface area contributed by atoms with Crippen molar-refractivity contribution in [1.29, 1.82) is 0 Å². The number of carbonyl (C=O) groups is 1. The van der Waals surface area contributed by atoms with Gasteiger partial charge in [0.1, 0.15) is 12.2 Å². The highest BCUT2D eigenvalue weighted by Gasteiger charge is 2.40. The van der Waals surface area contributed by atoms with Crippen molar-refractivity contribution in [3.8, 4) is 5.69 Å². The molecular formula is C19H19N7O. The maximum Gasteiger partial charge on any atom is 0.253 e. The lowest BCUT2D eigenvalue weighted by atomic mass is 9.80. The molecule has 2 aliphatic rings. The molecule has 1 aliphatic heterocycles. The maximum absolute atomic E-state index is 13.0. The Bertz CT molecular complexity index is 984. The number of hydrogen-bond donors (Lipinski definition) is 0. The van der Waals surface area contributed by atoms with Crippen LogP contribution in [-0.2, 0) is 6.42 Å². The number of likely N-dealkylation sites (tertiary alicyclic amines) is 1. The minimum absolute atomic E-state index is 0.0694. The maximum atomic E-state index is 13.0. The lowest BCUT2D eigenvalue weighted by Crippen LogP contribution is -2.28. The van der Waals surface area contributed by atoms with Crippen LogP contribution in [0.5, 0.6) is 0 Å². The summed E-state index contributed by atoms with van der Waals surface area (Å²) in [5.74, 6) is 1.67. The first kappa shape index (κ1) is 16.0. The Morgan fingerprint density at radius 2 is 2.04 bits per heavy atom. The molecule has 1 fully saturated rings. The molecule has 0 bridgehead atoms. The number of aromatic nitrogens is 6. The van der Waals surface area contributed by atoms with E-state index in [1.807, 2.05) is 42.3 Å². The van der Waals surface area contributed by atoms with E-state index >= 15 is 0 Å². The predicted octanol–water partition coefficient (Wildman–Crippen LogP) is 1.56. The van der Waals surface area contributed by atoms with E-state index in [1.165, 1.54) is 11.9 Å². The molecule has 1 aliphatic carbocycles. The van der Waals surface area contributed by atoms with Crippen LogP contribution in [0.4, 0.5) is 0 Å². The smallest absolute Gasteiger partial charge is 0.253 e. The second-order valence-corrected chi connectivity index (χ2v) is 7.24. The molecule has 0 N–H and O–H groups in total. The van der Waals surface area contributed by atoms with Gasteiger partial charge < -0.3 is 4.90 Å². The second kappa shape index (κ2) is 6.22. The zero-order chi connectivity index (χ0) is 18.4. The van der Waals surface area contributed by atoms with Gasteiger partial charge >= 0.3 is 0 Å². The van der Waals surface area contributed by atoms with E-state index in [1.54, 1.807) is 4.68 Å². The molecule has 0 spiro atoms. The quantitative estimate of drug-likeness (QED) is 0.688. The van der Waals surface area contributed by atoms with Gasteiger partial charge in [-0.3, -0.25) is 4.79 Å². The van der Waals surface area contributed by atoms with Gasteiger partial charge in [-0.05, 0) is 65.9 Å². The highest BCUT2D eigenvalue weighted by atomic mass is 16.2. The summed E-state index contributed by atoms with van der Waals surface area (Å²) in [5, 5.41) is 11.1. The summed E-state index contributed by atoms with van der Waals surface area (Å²) in [6, 6.07) is 7.39. The summed E-state index contributed by atoms with van der Waals surface area (Å²) in [6.07, 6.45) is 5.57. The summed E-state index contributed by atoms with van der Waals surface area (Å²) in [7, 11) is 0. The SMILES string of the molecule is Cc1ncc2c(n1)[C@H]1CN(C(=O)c3ccc(-n4cnnn4)cc3)C[C@H]1CC2. The fraction of sp³-hybridized carbons (Fsp3) is 0.368. The highest BCUT2D eigenvalue weighted by molar-refractivity contribution is 5.94. The molecular weight excluding hydrogens is 342 g/mol. The van der Waals surface area contributed by atoms with Gasteiger partial charge in [-0.15, -0.1) is 5.10 Å². The van der Waals surface area contributed by atoms with Crippen LogP contribution in [0.15, 0.2) is 36.8 Å². The van der Waals surface area contributed by atoms with Crippen molar-refractivity contribution in [3.05, 3.63) is 59.4 Å². The van der Waals surface area contributed by atoms with Gasteiger partial charge in [0.05, 0.1) is 11.4 Å². The fourth-order valence-electron chi connectivity index (χ4n) is 4.23. The monoisotopic (exact) mass is 361 g/mol. The first-order valence-electron chi connectivity index (χ1n) is 9.14. The average Bonchev–Trinajstić information content (AvgIpc) is 3.37. The molecule has 3 heterocycles. The van der Waals surface area contributed by atoms with Gasteiger partial charge in [0.2, 0.25) is 0 Å². The van der Waals surface area contributed by atoms with Gasteiger partial charge in [-0.25, -0.2) is 14.6 Å². The molecule has 2 aromatic heterocycles. The summed E-state index contributed by atoms with van der Waals surface area (Å²) in [6.45, 7) is 3.44. The zero-order valence-electron chi connectivity index (χ0n) is 15.0. The standard InChI is InChI=1S/C19H19N7O/c1-12-20-8-14-2-3-15-9-25(10-17(15)18(14)22-12)19(27)13-4-6-16(7-5-13)26-11-21-23-24-26/h4-8,11,15,17H,2-3,9-10H2,1H3/t15-,17+/m1/s1. The van der Waals surface area contributed by atoms with Crippen LogP contribution in [0.2, 0.25) is 0 Å². The number of benzene rings is 1. The van der Waals surface area contributed by atoms with E-state index in [0.717, 1.165) is 43.1 Å². The van der Waals surface area contributed by atoms with Crippen molar-refractivity contribution in [3.63, 3.8) is 0 Å². The minimum atomic E-state index is 0.0694. The molecule has 8 nitrogen and oxygen atoms in total. The van der Waals surface area contributed by atoms with Gasteiger partial charge in [-0.2, -0.15) is 0 Å². The van der Waals surface area contributed by atoms with E-state index in [9.17, 15) is 4.79 Å². The number of aryl methyl sites for hydroxylation is 2. The van der Waals surface area contributed by atoms with Crippen LogP contribution in [0.1, 0.15) is 39.8 Å². The normalized spacial score (nSPS) is 21.0. The van der Waals surface area contributed by atoms with E-state index < -0.39 is 0 Å². The van der Waals surface area contributed by atoms with Crippen LogP contribution in [0, 0.1) is 12.8 Å². The van der Waals surface area contributed by atoms with Gasteiger partial charge in [-0.1, -0.05) is 0 Å². The van der Waals surface area contributed by atoms with Crippen molar-refractivity contribution in [2.75, 3.05) is 13.1 Å². The molecule has 5 rings (SSSR count). The van der Waals surface area contributed by atoms with Gasteiger partial charge in [0.15, 0.2) is 0 Å². The van der Waals surface area contributed by atoms with Crippen LogP contribution >= 0.6 is 0 Å². The third-order valence-electron chi connectivity index (χ3n) is 5.61. The van der Waals surface area contributed by atoms with E-state index in [-0.39, 0.29) is 5.91 Å². The third-order valence-corrected chi connectivity index (χ3v) is 5.61. The van der Waals surface area contributed by atoms with Gasteiger partial charge in [0.25, 0.3) is 5.91 Å². The fourth-order valence-corrected chi connectivity index (χ4v) is 4.23. The average molecular weight is 361 g/mol.